The summed E-state index contributed by atoms with van der Waals surface area (Å²) in [5.74, 6) is -0.196. The molecule has 0 radical (unpaired) electrons. The van der Waals surface area contributed by atoms with Gasteiger partial charge in [-0.15, -0.1) is 0 Å². The number of unbranched alkanes of at least 4 members (excludes halogenated alkanes) is 15. The van der Waals surface area contributed by atoms with Gasteiger partial charge in [-0.1, -0.05) is 134 Å². The summed E-state index contributed by atoms with van der Waals surface area (Å²) in [5, 5.41) is 53.7. The third-order valence-electron chi connectivity index (χ3n) is 8.71. The average molecular weight is 668 g/mol. The second-order valence-corrected chi connectivity index (χ2v) is 13.0. The standard InChI is InChI=1S/C38H69NO8/c1-3-5-7-9-11-13-15-16-17-18-20-22-24-26-28-34(42)39-31(30-46-38-37(45)36(44)35(43)33(29-40)47-38)32(41)27-25-23-21-19-14-12-10-8-6-4-2/h6,8,14,19,25,27,31-33,35-38,40-41,43-45H,3-5,7,9-13,15-18,20-24,26,28-30H2,1-2H3,(H,39,42)/b8-6+,19-14+,27-25+. The minimum absolute atomic E-state index is 0.196. The number of aliphatic hydroxyl groups excluding tert-OH is 5. The predicted octanol–water partition coefficient (Wildman–Crippen LogP) is 6.16. The number of hydrogen-bond donors (Lipinski definition) is 6. The molecular weight excluding hydrogens is 598 g/mol. The molecule has 7 atom stereocenters. The number of nitrogens with one attached hydrogen (secondary N) is 1. The molecule has 1 rings (SSSR count). The van der Waals surface area contributed by atoms with Crippen LogP contribution in [-0.2, 0) is 14.3 Å². The van der Waals surface area contributed by atoms with E-state index in [2.05, 4.69) is 43.5 Å². The van der Waals surface area contributed by atoms with Crippen molar-refractivity contribution in [3.05, 3.63) is 36.5 Å². The van der Waals surface area contributed by atoms with Crippen LogP contribution in [0.4, 0.5) is 0 Å². The molecule has 0 spiro atoms. The molecule has 7 unspecified atom stereocenters. The molecule has 0 aliphatic carbocycles. The lowest BCUT2D eigenvalue weighted by molar-refractivity contribution is -0.302. The van der Waals surface area contributed by atoms with Gasteiger partial charge in [0.25, 0.3) is 0 Å². The minimum atomic E-state index is -1.57. The average Bonchev–Trinajstić information content (AvgIpc) is 3.07. The highest BCUT2D eigenvalue weighted by Gasteiger charge is 2.44. The maximum absolute atomic E-state index is 12.8. The van der Waals surface area contributed by atoms with Gasteiger partial charge in [-0.25, -0.2) is 0 Å². The first-order chi connectivity index (χ1) is 22.8. The molecule has 6 N–H and O–H groups in total. The second kappa shape index (κ2) is 29.3. The summed E-state index contributed by atoms with van der Waals surface area (Å²) in [6, 6.07) is -0.821. The van der Waals surface area contributed by atoms with Crippen molar-refractivity contribution in [3.63, 3.8) is 0 Å². The van der Waals surface area contributed by atoms with E-state index in [-0.39, 0.29) is 12.5 Å². The third-order valence-corrected chi connectivity index (χ3v) is 8.71. The van der Waals surface area contributed by atoms with Crippen LogP contribution in [0, 0.1) is 0 Å². The lowest BCUT2D eigenvalue weighted by Crippen LogP contribution is -2.60. The Kier molecular flexibility index (Phi) is 27.1. The Labute approximate surface area is 285 Å². The lowest BCUT2D eigenvalue weighted by Gasteiger charge is -2.40. The molecule has 1 amide bonds. The van der Waals surface area contributed by atoms with Gasteiger partial charge in [-0.05, 0) is 38.5 Å². The zero-order valence-corrected chi connectivity index (χ0v) is 29.5. The number of carbonyl (C=O) groups excluding carboxylic acids is 1. The summed E-state index contributed by atoms with van der Waals surface area (Å²) in [7, 11) is 0. The number of rotatable bonds is 29. The van der Waals surface area contributed by atoms with E-state index >= 15 is 0 Å². The SMILES string of the molecule is CC/C=C/CC/C=C/CC/C=C/C(O)C(COC1OC(CO)C(O)C(O)C1O)NC(=O)CCCCCCCCCCCCCCCC. The van der Waals surface area contributed by atoms with Gasteiger partial charge in [0.1, 0.15) is 24.4 Å². The second-order valence-electron chi connectivity index (χ2n) is 13.0. The van der Waals surface area contributed by atoms with Crippen LogP contribution in [0.3, 0.4) is 0 Å². The van der Waals surface area contributed by atoms with Crippen LogP contribution in [0.15, 0.2) is 36.5 Å². The Morgan fingerprint density at radius 2 is 1.23 bits per heavy atom. The first-order valence-corrected chi connectivity index (χ1v) is 18.7. The largest absolute Gasteiger partial charge is 0.394 e. The van der Waals surface area contributed by atoms with E-state index in [0.717, 1.165) is 51.4 Å². The molecule has 0 aromatic rings. The van der Waals surface area contributed by atoms with Crippen LogP contribution in [0.2, 0.25) is 0 Å². The van der Waals surface area contributed by atoms with Crippen molar-refractivity contribution in [1.29, 1.82) is 0 Å². The number of ether oxygens (including phenoxy) is 2. The molecule has 47 heavy (non-hydrogen) atoms. The first kappa shape index (κ1) is 43.4. The lowest BCUT2D eigenvalue weighted by atomic mass is 9.99. The van der Waals surface area contributed by atoms with Crippen LogP contribution in [-0.4, -0.2) is 87.5 Å². The van der Waals surface area contributed by atoms with Crippen molar-refractivity contribution in [3.8, 4) is 0 Å². The maximum Gasteiger partial charge on any atom is 0.220 e. The predicted molar refractivity (Wildman–Crippen MR) is 189 cm³/mol. The van der Waals surface area contributed by atoms with Gasteiger partial charge in [0.05, 0.1) is 25.4 Å². The summed E-state index contributed by atoms with van der Waals surface area (Å²) in [6.45, 7) is 3.59. The summed E-state index contributed by atoms with van der Waals surface area (Å²) in [5.41, 5.74) is 0. The molecule has 1 aliphatic rings. The highest BCUT2D eigenvalue weighted by Crippen LogP contribution is 2.22. The highest BCUT2D eigenvalue weighted by molar-refractivity contribution is 5.76. The molecule has 1 saturated heterocycles. The Morgan fingerprint density at radius 3 is 1.77 bits per heavy atom. The number of allylic oxidation sites excluding steroid dienone is 5. The molecular formula is C38H69NO8. The van der Waals surface area contributed by atoms with Crippen molar-refractivity contribution in [2.75, 3.05) is 13.2 Å². The van der Waals surface area contributed by atoms with E-state index in [1.807, 2.05) is 6.08 Å². The third kappa shape index (κ3) is 21.2. The zero-order valence-electron chi connectivity index (χ0n) is 29.5. The topological polar surface area (TPSA) is 149 Å². The van der Waals surface area contributed by atoms with E-state index in [4.69, 9.17) is 9.47 Å². The smallest absolute Gasteiger partial charge is 0.220 e. The highest BCUT2D eigenvalue weighted by atomic mass is 16.7. The van der Waals surface area contributed by atoms with E-state index in [9.17, 15) is 30.3 Å². The number of carbonyl (C=O) groups is 1. The fraction of sp³-hybridized carbons (Fsp3) is 0.816. The summed E-state index contributed by atoms with van der Waals surface area (Å²) in [4.78, 5) is 12.8. The molecule has 9 nitrogen and oxygen atoms in total. The van der Waals surface area contributed by atoms with Crippen LogP contribution in [0.1, 0.15) is 142 Å². The minimum Gasteiger partial charge on any atom is -0.394 e. The molecule has 274 valence electrons. The molecule has 0 saturated carbocycles. The van der Waals surface area contributed by atoms with Crippen molar-refractivity contribution in [1.82, 2.24) is 5.32 Å². The molecule has 0 bridgehead atoms. The normalized spacial score (nSPS) is 23.3. The van der Waals surface area contributed by atoms with Crippen molar-refractivity contribution in [2.45, 2.75) is 185 Å². The van der Waals surface area contributed by atoms with Gasteiger partial charge in [0, 0.05) is 6.42 Å². The van der Waals surface area contributed by atoms with Gasteiger partial charge in [0.15, 0.2) is 6.29 Å². The van der Waals surface area contributed by atoms with E-state index < -0.39 is 49.5 Å². The molecule has 0 aromatic heterocycles. The van der Waals surface area contributed by atoms with Crippen LogP contribution in [0.5, 0.6) is 0 Å². The van der Waals surface area contributed by atoms with Gasteiger partial charge >= 0.3 is 0 Å². The van der Waals surface area contributed by atoms with Gasteiger partial charge in [-0.3, -0.25) is 4.79 Å². The quantitative estimate of drug-likeness (QED) is 0.0411. The maximum atomic E-state index is 12.8. The number of hydrogen-bond acceptors (Lipinski definition) is 8. The van der Waals surface area contributed by atoms with E-state index in [1.165, 1.54) is 70.6 Å². The van der Waals surface area contributed by atoms with Crippen molar-refractivity contribution >= 4 is 5.91 Å². The fourth-order valence-corrected chi connectivity index (χ4v) is 5.66. The fourth-order valence-electron chi connectivity index (χ4n) is 5.66. The van der Waals surface area contributed by atoms with Crippen LogP contribution >= 0.6 is 0 Å². The molecule has 1 aliphatic heterocycles. The van der Waals surface area contributed by atoms with Crippen LogP contribution < -0.4 is 5.32 Å². The van der Waals surface area contributed by atoms with E-state index in [1.54, 1.807) is 6.08 Å². The van der Waals surface area contributed by atoms with Crippen LogP contribution in [0.25, 0.3) is 0 Å². The Bertz CT molecular complexity index is 833. The van der Waals surface area contributed by atoms with Gasteiger partial charge in [0.2, 0.25) is 5.91 Å². The van der Waals surface area contributed by atoms with Crippen molar-refractivity contribution in [2.24, 2.45) is 0 Å². The van der Waals surface area contributed by atoms with Crippen molar-refractivity contribution < 1.29 is 39.8 Å². The Morgan fingerprint density at radius 1 is 0.723 bits per heavy atom. The number of aliphatic hydroxyl groups is 5. The van der Waals surface area contributed by atoms with E-state index in [0.29, 0.717) is 6.42 Å². The van der Waals surface area contributed by atoms with Gasteiger partial charge in [-0.2, -0.15) is 0 Å². The van der Waals surface area contributed by atoms with Gasteiger partial charge < -0.3 is 40.3 Å². The zero-order chi connectivity index (χ0) is 34.5. The molecule has 1 fully saturated rings. The summed E-state index contributed by atoms with van der Waals surface area (Å²) < 4.78 is 11.1. The first-order valence-electron chi connectivity index (χ1n) is 18.7. The molecule has 9 heteroatoms. The summed E-state index contributed by atoms with van der Waals surface area (Å²) in [6.07, 6.45) is 26.3. The number of amides is 1. The summed E-state index contributed by atoms with van der Waals surface area (Å²) >= 11 is 0. The molecule has 0 aromatic carbocycles. The monoisotopic (exact) mass is 668 g/mol. The molecule has 1 heterocycles. The Hall–Kier alpha value is -1.59. The Balaban J connectivity index is 2.47.